The van der Waals surface area contributed by atoms with Crippen LogP contribution in [0.3, 0.4) is 0 Å². The first kappa shape index (κ1) is 11.4. The molecule has 0 radical (unpaired) electrons. The Morgan fingerprint density at radius 2 is 2.07 bits per heavy atom. The number of benzene rings is 1. The third-order valence-electron chi connectivity index (χ3n) is 1.76. The SMILES string of the molecule is C/C(O)=C(\N)C(=O)Nc1ccccc1Cl. The molecule has 1 aromatic carbocycles. The molecule has 0 aliphatic rings. The van der Waals surface area contributed by atoms with Gasteiger partial charge in [0.15, 0.2) is 0 Å². The van der Waals surface area contributed by atoms with Gasteiger partial charge in [0.05, 0.1) is 10.7 Å². The fourth-order valence-corrected chi connectivity index (χ4v) is 1.10. The van der Waals surface area contributed by atoms with E-state index < -0.39 is 5.91 Å². The number of nitrogens with two attached hydrogens (primary N) is 1. The zero-order valence-electron chi connectivity index (χ0n) is 8.12. The van der Waals surface area contributed by atoms with Gasteiger partial charge >= 0.3 is 0 Å². The second kappa shape index (κ2) is 4.70. The highest BCUT2D eigenvalue weighted by Crippen LogP contribution is 2.20. The summed E-state index contributed by atoms with van der Waals surface area (Å²) in [6.07, 6.45) is 0. The fourth-order valence-electron chi connectivity index (χ4n) is 0.917. The van der Waals surface area contributed by atoms with E-state index in [-0.39, 0.29) is 11.5 Å². The van der Waals surface area contributed by atoms with Crippen LogP contribution in [0.5, 0.6) is 0 Å². The molecule has 80 valence electrons. The van der Waals surface area contributed by atoms with Gasteiger partial charge in [0.25, 0.3) is 5.91 Å². The molecule has 0 aromatic heterocycles. The highest BCUT2D eigenvalue weighted by Gasteiger charge is 2.10. The zero-order valence-corrected chi connectivity index (χ0v) is 8.88. The predicted octanol–water partition coefficient (Wildman–Crippen LogP) is 2.03. The lowest BCUT2D eigenvalue weighted by atomic mass is 10.3. The number of allylic oxidation sites excluding steroid dienone is 1. The van der Waals surface area contributed by atoms with Crippen molar-refractivity contribution in [3.05, 3.63) is 40.7 Å². The lowest BCUT2D eigenvalue weighted by Crippen LogP contribution is -2.21. The molecule has 0 fully saturated rings. The van der Waals surface area contributed by atoms with Gasteiger partial charge in [0.1, 0.15) is 11.5 Å². The van der Waals surface area contributed by atoms with Crippen molar-refractivity contribution in [2.24, 2.45) is 5.73 Å². The Bertz CT molecular complexity index is 412. The number of aliphatic hydroxyl groups is 1. The summed E-state index contributed by atoms with van der Waals surface area (Å²) in [5.74, 6) is -0.803. The minimum Gasteiger partial charge on any atom is -0.510 e. The van der Waals surface area contributed by atoms with Gasteiger partial charge in [-0.1, -0.05) is 23.7 Å². The summed E-state index contributed by atoms with van der Waals surface area (Å²) < 4.78 is 0. The van der Waals surface area contributed by atoms with Gasteiger partial charge in [-0.3, -0.25) is 4.79 Å². The molecule has 0 aliphatic carbocycles. The largest absolute Gasteiger partial charge is 0.510 e. The molecule has 5 heteroatoms. The molecule has 0 unspecified atom stereocenters. The number of carbonyl (C=O) groups is 1. The lowest BCUT2D eigenvalue weighted by Gasteiger charge is -2.07. The van der Waals surface area contributed by atoms with Crippen LogP contribution in [-0.4, -0.2) is 11.0 Å². The van der Waals surface area contributed by atoms with E-state index in [0.717, 1.165) is 0 Å². The Morgan fingerprint density at radius 1 is 1.47 bits per heavy atom. The maximum atomic E-state index is 11.4. The quantitative estimate of drug-likeness (QED) is 0.534. The molecule has 1 aromatic rings. The molecule has 0 bridgehead atoms. The summed E-state index contributed by atoms with van der Waals surface area (Å²) in [6.45, 7) is 1.33. The van der Waals surface area contributed by atoms with Gasteiger partial charge in [-0.15, -0.1) is 0 Å². The van der Waals surface area contributed by atoms with E-state index in [4.69, 9.17) is 22.4 Å². The molecule has 15 heavy (non-hydrogen) atoms. The summed E-state index contributed by atoms with van der Waals surface area (Å²) in [5, 5.41) is 11.9. The normalized spacial score (nSPS) is 11.9. The van der Waals surface area contributed by atoms with Crippen LogP contribution in [-0.2, 0) is 4.79 Å². The van der Waals surface area contributed by atoms with E-state index in [0.29, 0.717) is 10.7 Å². The predicted molar refractivity (Wildman–Crippen MR) is 59.6 cm³/mol. The van der Waals surface area contributed by atoms with Gasteiger partial charge in [-0.05, 0) is 19.1 Å². The Kier molecular flexibility index (Phi) is 3.57. The minimum absolute atomic E-state index is 0.223. The molecule has 1 amide bonds. The van der Waals surface area contributed by atoms with Gasteiger partial charge in [0, 0.05) is 0 Å². The Morgan fingerprint density at radius 3 is 2.60 bits per heavy atom. The molecule has 1 rings (SSSR count). The third-order valence-corrected chi connectivity index (χ3v) is 2.09. The first-order chi connectivity index (χ1) is 7.02. The second-order valence-electron chi connectivity index (χ2n) is 2.93. The number of aliphatic hydroxyl groups excluding tert-OH is 1. The summed E-state index contributed by atoms with van der Waals surface area (Å²) in [6, 6.07) is 6.75. The van der Waals surface area contributed by atoms with E-state index in [1.807, 2.05) is 0 Å². The Balaban J connectivity index is 2.85. The number of rotatable bonds is 2. The monoisotopic (exact) mass is 226 g/mol. The zero-order chi connectivity index (χ0) is 11.4. The molecule has 0 saturated heterocycles. The standard InChI is InChI=1S/C10H11ClN2O2/c1-6(14)9(12)10(15)13-8-5-3-2-4-7(8)11/h2-5,14H,12H2,1H3,(H,13,15)/b9-6+. The van der Waals surface area contributed by atoms with Crippen LogP contribution in [0.15, 0.2) is 35.7 Å². The average molecular weight is 227 g/mol. The van der Waals surface area contributed by atoms with Crippen LogP contribution in [0.25, 0.3) is 0 Å². The van der Waals surface area contributed by atoms with Gasteiger partial charge in [-0.25, -0.2) is 0 Å². The number of amides is 1. The number of anilines is 1. The van der Waals surface area contributed by atoms with Crippen LogP contribution in [0.1, 0.15) is 6.92 Å². The summed E-state index contributed by atoms with van der Waals surface area (Å²) in [7, 11) is 0. The molecule has 0 atom stereocenters. The maximum absolute atomic E-state index is 11.4. The Hall–Kier alpha value is -1.68. The van der Waals surface area contributed by atoms with E-state index >= 15 is 0 Å². The first-order valence-corrected chi connectivity index (χ1v) is 4.61. The molecular weight excluding hydrogens is 216 g/mol. The van der Waals surface area contributed by atoms with Crippen molar-refractivity contribution in [1.82, 2.24) is 0 Å². The van der Waals surface area contributed by atoms with Crippen molar-refractivity contribution in [3.63, 3.8) is 0 Å². The van der Waals surface area contributed by atoms with Crippen LogP contribution in [0, 0.1) is 0 Å². The number of halogens is 1. The summed E-state index contributed by atoms with van der Waals surface area (Å²) >= 11 is 5.82. The third kappa shape index (κ3) is 2.89. The van der Waals surface area contributed by atoms with E-state index in [1.54, 1.807) is 24.3 Å². The number of hydrogen-bond donors (Lipinski definition) is 3. The van der Waals surface area contributed by atoms with Crippen molar-refractivity contribution in [2.75, 3.05) is 5.32 Å². The minimum atomic E-state index is -0.580. The molecule has 0 aliphatic heterocycles. The summed E-state index contributed by atoms with van der Waals surface area (Å²) in [5.41, 5.74) is 5.56. The molecule has 0 heterocycles. The highest BCUT2D eigenvalue weighted by atomic mass is 35.5. The number of para-hydroxylation sites is 1. The van der Waals surface area contributed by atoms with Crippen molar-refractivity contribution in [2.45, 2.75) is 6.92 Å². The van der Waals surface area contributed by atoms with Crippen LogP contribution in [0.4, 0.5) is 5.69 Å². The fraction of sp³-hybridized carbons (Fsp3) is 0.100. The van der Waals surface area contributed by atoms with Crippen molar-refractivity contribution in [3.8, 4) is 0 Å². The number of nitrogens with one attached hydrogen (secondary N) is 1. The molecule has 0 spiro atoms. The second-order valence-corrected chi connectivity index (χ2v) is 3.34. The van der Waals surface area contributed by atoms with Crippen LogP contribution in [0.2, 0.25) is 5.02 Å². The molecule has 4 nitrogen and oxygen atoms in total. The van der Waals surface area contributed by atoms with E-state index in [9.17, 15) is 4.79 Å². The summed E-state index contributed by atoms with van der Waals surface area (Å²) in [4.78, 5) is 11.4. The molecular formula is C10H11ClN2O2. The van der Waals surface area contributed by atoms with Crippen LogP contribution < -0.4 is 11.1 Å². The number of hydrogen-bond acceptors (Lipinski definition) is 3. The van der Waals surface area contributed by atoms with Crippen molar-refractivity contribution in [1.29, 1.82) is 0 Å². The lowest BCUT2D eigenvalue weighted by molar-refractivity contribution is -0.113. The van der Waals surface area contributed by atoms with Gasteiger partial charge < -0.3 is 16.2 Å². The molecule has 4 N–H and O–H groups in total. The van der Waals surface area contributed by atoms with Gasteiger partial charge in [-0.2, -0.15) is 0 Å². The van der Waals surface area contributed by atoms with Crippen LogP contribution >= 0.6 is 11.6 Å². The van der Waals surface area contributed by atoms with Crippen molar-refractivity contribution < 1.29 is 9.90 Å². The van der Waals surface area contributed by atoms with Crippen molar-refractivity contribution >= 4 is 23.2 Å². The Labute approximate surface area is 92.4 Å². The highest BCUT2D eigenvalue weighted by molar-refractivity contribution is 6.33. The molecule has 0 saturated carbocycles. The topological polar surface area (TPSA) is 75.3 Å². The smallest absolute Gasteiger partial charge is 0.275 e. The van der Waals surface area contributed by atoms with Gasteiger partial charge in [0.2, 0.25) is 0 Å². The first-order valence-electron chi connectivity index (χ1n) is 4.23. The maximum Gasteiger partial charge on any atom is 0.275 e. The van der Waals surface area contributed by atoms with E-state index in [1.165, 1.54) is 6.92 Å². The number of carbonyl (C=O) groups excluding carboxylic acids is 1. The van der Waals surface area contributed by atoms with E-state index in [2.05, 4.69) is 5.32 Å². The average Bonchev–Trinajstić information content (AvgIpc) is 2.20.